The fourth-order valence-corrected chi connectivity index (χ4v) is 7.35. The fourth-order valence-electron chi connectivity index (χ4n) is 7.35. The van der Waals surface area contributed by atoms with Crippen LogP contribution < -0.4 is 70.8 Å². The average Bonchev–Trinajstić information content (AvgIpc) is 3.32. The van der Waals surface area contributed by atoms with Crippen LogP contribution in [0.4, 0.5) is 0 Å². The van der Waals surface area contributed by atoms with Crippen LogP contribution in [0.1, 0.15) is 92.7 Å². The Morgan fingerprint density at radius 3 is 1.75 bits per heavy atom. The maximum absolute atomic E-state index is 14.3. The first-order chi connectivity index (χ1) is 34.1. The number of rotatable bonds is 14. The lowest BCUT2D eigenvalue weighted by atomic mass is 9.95. The predicted octanol–water partition coefficient (Wildman–Crippen LogP) is -5.90. The number of carbonyl (C=O) groups excluding carboxylic acids is 10. The molecular weight excluding hydrogens is 957 g/mol. The van der Waals surface area contributed by atoms with Crippen LogP contribution in [0.3, 0.4) is 0 Å². The van der Waals surface area contributed by atoms with Gasteiger partial charge in [0, 0.05) is 6.54 Å². The number of benzene rings is 1. The minimum absolute atomic E-state index is 0.0106. The highest BCUT2D eigenvalue weighted by molar-refractivity contribution is 5.99. The lowest BCUT2D eigenvalue weighted by Crippen LogP contribution is -2.63. The number of aliphatic hydroxyl groups excluding tert-OH is 3. The molecule has 2 unspecified atom stereocenters. The summed E-state index contributed by atoms with van der Waals surface area (Å²) >= 11 is 0. The summed E-state index contributed by atoms with van der Waals surface area (Å²) in [4.78, 5) is 141. The number of nitrogens with one attached hydrogen (secondary N) is 9. The van der Waals surface area contributed by atoms with E-state index in [9.17, 15) is 63.3 Å². The van der Waals surface area contributed by atoms with Gasteiger partial charge >= 0.3 is 0 Å². The van der Waals surface area contributed by atoms with E-state index in [1.165, 1.54) is 19.1 Å². The average molecular weight is 1030 g/mol. The first kappa shape index (κ1) is 62.1. The molecule has 0 spiro atoms. The maximum Gasteiger partial charge on any atom is 0.248 e. The van der Waals surface area contributed by atoms with Crippen molar-refractivity contribution in [3.8, 4) is 0 Å². The molecule has 0 bridgehead atoms. The molecule has 0 aliphatic carbocycles. The number of carbonyl (C=O) groups is 10. The van der Waals surface area contributed by atoms with Gasteiger partial charge in [0.05, 0.1) is 24.8 Å². The zero-order valence-corrected chi connectivity index (χ0v) is 42.5. The van der Waals surface area contributed by atoms with Crippen molar-refractivity contribution in [3.63, 3.8) is 0 Å². The molecule has 73 heavy (non-hydrogen) atoms. The van der Waals surface area contributed by atoms with E-state index < -0.39 is 150 Å². The van der Waals surface area contributed by atoms with Crippen molar-refractivity contribution >= 4 is 65.0 Å². The smallest absolute Gasteiger partial charge is 0.248 e. The van der Waals surface area contributed by atoms with Crippen LogP contribution in [0.15, 0.2) is 35.3 Å². The summed E-state index contributed by atoms with van der Waals surface area (Å²) in [5, 5.41) is 54.3. The minimum atomic E-state index is -2.39. The van der Waals surface area contributed by atoms with Gasteiger partial charge < -0.3 is 86.1 Å². The first-order valence-electron chi connectivity index (χ1n) is 24.0. The Kier molecular flexibility index (Phi) is 25.1. The number of hydrogen-bond donors (Lipinski definition) is 16. The summed E-state index contributed by atoms with van der Waals surface area (Å²) in [5.74, 6) is -12.8. The summed E-state index contributed by atoms with van der Waals surface area (Å²) in [6.45, 7) is 11.3. The van der Waals surface area contributed by atoms with Crippen molar-refractivity contribution in [1.82, 2.24) is 47.9 Å². The van der Waals surface area contributed by atoms with E-state index in [2.05, 4.69) is 52.8 Å². The number of aliphatic imine (C=N–C) groups is 1. The Balaban J connectivity index is 2.83. The van der Waals surface area contributed by atoms with E-state index in [0.717, 1.165) is 6.92 Å². The van der Waals surface area contributed by atoms with E-state index in [1.54, 1.807) is 59.7 Å². The second-order valence-corrected chi connectivity index (χ2v) is 18.8. The second-order valence-electron chi connectivity index (χ2n) is 18.8. The van der Waals surface area contributed by atoms with Gasteiger partial charge in [0.25, 0.3) is 0 Å². The van der Waals surface area contributed by atoms with Crippen molar-refractivity contribution in [2.75, 3.05) is 13.1 Å². The van der Waals surface area contributed by atoms with Crippen LogP contribution in [0, 0.1) is 17.8 Å². The standard InChI is InChI=1S/C46H76N14O13/c1-9-22(6)30-43(71)58-31(24(8)61)42(70)52-19-28(62)56-34(36(64)37(48)65)44(72)53-23(7)38(66)59-32(25-14-11-10-12-15-25)29(47)41(69)60-33(35(63)21(4)5)45(73)55-27(18-20(2)3)40(68)54-26(39(67)57-30)16-13-17-51-46(49)50/h10-12,14-15,20-24,26-27,29-36,61,63-64H,9,13,16-19,47H2,1-8H3,(H2,48,65)(H,52,70)(H,53,72)(H,54,68)(H,55,73)(H,56,62)(H,57,67)(H,58,71)(H,59,66)(H,60,69)(H4,49,50,51)/t22-,23?,24-,26+,27-,29-,30-,31-,32+,33-,34?,35+,36-/m0/s1. The molecule has 0 aromatic heterocycles. The predicted molar refractivity (Wildman–Crippen MR) is 264 cm³/mol. The number of nitrogens with zero attached hydrogens (tertiary/aromatic N) is 1. The molecule has 0 saturated carbocycles. The third-order valence-corrected chi connectivity index (χ3v) is 11.9. The Morgan fingerprint density at radius 2 is 1.21 bits per heavy atom. The summed E-state index contributed by atoms with van der Waals surface area (Å²) in [6, 6.07) is -6.84. The Morgan fingerprint density at radius 1 is 0.658 bits per heavy atom. The molecule has 1 aliphatic rings. The van der Waals surface area contributed by atoms with Crippen LogP contribution in [0.5, 0.6) is 0 Å². The Bertz CT molecular complexity index is 2120. The Labute approximate surface area is 423 Å². The lowest BCUT2D eigenvalue weighted by molar-refractivity contribution is -0.139. The van der Waals surface area contributed by atoms with Crippen LogP contribution in [-0.2, 0) is 47.9 Å². The molecule has 1 saturated heterocycles. The number of guanidine groups is 1. The zero-order valence-electron chi connectivity index (χ0n) is 42.5. The van der Waals surface area contributed by atoms with Crippen LogP contribution >= 0.6 is 0 Å². The maximum atomic E-state index is 14.3. The van der Waals surface area contributed by atoms with E-state index in [0.29, 0.717) is 0 Å². The summed E-state index contributed by atoms with van der Waals surface area (Å²) in [5.41, 5.74) is 23.0. The van der Waals surface area contributed by atoms with Crippen LogP contribution in [0.25, 0.3) is 0 Å². The third-order valence-electron chi connectivity index (χ3n) is 11.9. The molecule has 1 aromatic carbocycles. The second kappa shape index (κ2) is 29.5. The number of amides is 10. The van der Waals surface area contributed by atoms with E-state index >= 15 is 0 Å². The Hall–Kier alpha value is -6.97. The highest BCUT2D eigenvalue weighted by Crippen LogP contribution is 2.18. The van der Waals surface area contributed by atoms with E-state index in [4.69, 9.17) is 22.9 Å². The van der Waals surface area contributed by atoms with Crippen molar-refractivity contribution in [2.45, 2.75) is 154 Å². The molecule has 13 atom stereocenters. The van der Waals surface area contributed by atoms with Gasteiger partial charge in [0.2, 0.25) is 59.1 Å². The quantitative estimate of drug-likeness (QED) is 0.0469. The number of nitrogens with two attached hydrogens (primary N) is 4. The molecule has 10 amide bonds. The molecule has 27 heteroatoms. The monoisotopic (exact) mass is 1030 g/mol. The first-order valence-corrected chi connectivity index (χ1v) is 24.0. The normalized spacial score (nSPS) is 26.8. The van der Waals surface area contributed by atoms with Crippen molar-refractivity contribution < 1.29 is 63.3 Å². The zero-order chi connectivity index (χ0) is 55.4. The van der Waals surface area contributed by atoms with Crippen LogP contribution in [0.2, 0.25) is 0 Å². The van der Waals surface area contributed by atoms with Gasteiger partial charge in [-0.25, -0.2) is 0 Å². The molecule has 2 rings (SSSR count). The highest BCUT2D eigenvalue weighted by Gasteiger charge is 2.40. The highest BCUT2D eigenvalue weighted by atomic mass is 16.3. The summed E-state index contributed by atoms with van der Waals surface area (Å²) in [6.07, 6.45) is -5.36. The van der Waals surface area contributed by atoms with Gasteiger partial charge in [0.1, 0.15) is 48.3 Å². The van der Waals surface area contributed by atoms with Crippen molar-refractivity contribution in [2.24, 2.45) is 45.7 Å². The molecule has 0 radical (unpaired) electrons. The summed E-state index contributed by atoms with van der Waals surface area (Å²) < 4.78 is 0. The fraction of sp³-hybridized carbons (Fsp3) is 0.630. The summed E-state index contributed by atoms with van der Waals surface area (Å²) in [7, 11) is 0. The molecular formula is C46H76N14O13. The van der Waals surface area contributed by atoms with Gasteiger partial charge in [0.15, 0.2) is 12.1 Å². The SMILES string of the molecule is CC[C@H](C)[C@@H]1NC(=O)[C@@H](CCCN=C(N)N)NC(=O)[C@H](CC(C)C)NC(=O)[C@H]([C@H](O)C(C)C)NC(=O)[C@@H](N)[C@@H](c2ccccc2)NC(=O)C(C)NC(=O)C([C@H](O)C(N)=O)NC(=O)CNC(=O)[C@H]([C@H](C)O)NC1=O. The van der Waals surface area contributed by atoms with Gasteiger partial charge in [-0.05, 0) is 56.4 Å². The molecule has 27 nitrogen and oxygen atoms in total. The van der Waals surface area contributed by atoms with E-state index in [1.807, 2.05) is 0 Å². The molecule has 1 fully saturated rings. The van der Waals surface area contributed by atoms with Crippen molar-refractivity contribution in [1.29, 1.82) is 0 Å². The van der Waals surface area contributed by atoms with Crippen LogP contribution in [-0.4, -0.2) is 160 Å². The molecule has 408 valence electrons. The topological polar surface area (TPSA) is 456 Å². The molecule has 1 aromatic rings. The molecule has 20 N–H and O–H groups in total. The van der Waals surface area contributed by atoms with Gasteiger partial charge in [-0.2, -0.15) is 0 Å². The third kappa shape index (κ3) is 19.5. The number of primary amides is 1. The largest absolute Gasteiger partial charge is 0.391 e. The van der Waals surface area contributed by atoms with E-state index in [-0.39, 0.29) is 49.7 Å². The lowest BCUT2D eigenvalue weighted by Gasteiger charge is -2.32. The van der Waals surface area contributed by atoms with Gasteiger partial charge in [-0.3, -0.25) is 52.9 Å². The molecule has 1 heterocycles. The number of hydrogen-bond acceptors (Lipinski definition) is 15. The molecule has 1 aliphatic heterocycles. The minimum Gasteiger partial charge on any atom is -0.391 e. The van der Waals surface area contributed by atoms with Gasteiger partial charge in [-0.15, -0.1) is 0 Å². The van der Waals surface area contributed by atoms with Gasteiger partial charge in [-0.1, -0.05) is 78.3 Å². The van der Waals surface area contributed by atoms with Crippen molar-refractivity contribution in [3.05, 3.63) is 35.9 Å². The number of aliphatic hydroxyl groups is 3.